The Morgan fingerprint density at radius 3 is 1.58 bits per heavy atom. The fourth-order valence-corrected chi connectivity index (χ4v) is 7.06. The van der Waals surface area contributed by atoms with Crippen LogP contribution in [0, 0.1) is 36.5 Å². The molecule has 2 heterocycles. The summed E-state index contributed by atoms with van der Waals surface area (Å²) in [4.78, 5) is 8.20. The normalized spacial score (nSPS) is 11.3. The Labute approximate surface area is 369 Å². The van der Waals surface area contributed by atoms with E-state index < -0.39 is 6.04 Å². The third-order valence-electron chi connectivity index (χ3n) is 10.1. The molecule has 2 aromatic heterocycles. The highest BCUT2D eigenvalue weighted by Gasteiger charge is 2.18. The minimum Gasteiger partial charge on any atom is -0.511 e. The van der Waals surface area contributed by atoms with Gasteiger partial charge in [0.15, 0.2) is 0 Å². The summed E-state index contributed by atoms with van der Waals surface area (Å²) in [6.07, 6.45) is 6.17. The number of ether oxygens (including phenoxy) is 4. The van der Waals surface area contributed by atoms with Crippen LogP contribution >= 0.6 is 23.2 Å². The maximum Gasteiger partial charge on any atom is 0.142 e. The van der Waals surface area contributed by atoms with Crippen LogP contribution in [0.1, 0.15) is 55.6 Å². The summed E-state index contributed by atoms with van der Waals surface area (Å²) in [7, 11) is 0. The van der Waals surface area contributed by atoms with E-state index >= 15 is 0 Å². The van der Waals surface area contributed by atoms with Gasteiger partial charge in [0.2, 0.25) is 0 Å². The molecule has 14 heteroatoms. The van der Waals surface area contributed by atoms with Crippen molar-refractivity contribution in [2.75, 3.05) is 6.61 Å². The van der Waals surface area contributed by atoms with Crippen LogP contribution < -0.4 is 24.3 Å². The summed E-state index contributed by atoms with van der Waals surface area (Å²) in [6, 6.07) is 25.5. The summed E-state index contributed by atoms with van der Waals surface area (Å²) < 4.78 is 24.8. The first-order valence-electron chi connectivity index (χ1n) is 19.4. The predicted molar refractivity (Wildman–Crippen MR) is 235 cm³/mol. The Balaban J connectivity index is 1.18. The van der Waals surface area contributed by atoms with Crippen LogP contribution in [0.2, 0.25) is 10.0 Å². The third-order valence-corrected chi connectivity index (χ3v) is 10.7. The highest BCUT2D eigenvalue weighted by Crippen LogP contribution is 2.37. The van der Waals surface area contributed by atoms with E-state index in [1.165, 1.54) is 12.4 Å². The Bertz CT molecular complexity index is 2660. The molecule has 0 radical (unpaired) electrons. The molecule has 6 aromatic rings. The molecule has 0 unspecified atom stereocenters. The van der Waals surface area contributed by atoms with Gasteiger partial charge in [-0.1, -0.05) is 66.2 Å². The van der Waals surface area contributed by atoms with Crippen LogP contribution in [0.3, 0.4) is 0 Å². The molecule has 0 aliphatic rings. The molecule has 4 N–H and O–H groups in total. The molecule has 0 spiro atoms. The van der Waals surface area contributed by atoms with Crippen molar-refractivity contribution in [3.05, 3.63) is 176 Å². The highest BCUT2D eigenvalue weighted by molar-refractivity contribution is 6.32. The van der Waals surface area contributed by atoms with Gasteiger partial charge in [-0.3, -0.25) is 9.97 Å². The number of nitrogens with one attached hydrogen (secondary N) is 1. The van der Waals surface area contributed by atoms with E-state index in [2.05, 4.69) is 46.1 Å². The number of nitriles is 2. The van der Waals surface area contributed by atoms with Crippen molar-refractivity contribution < 1.29 is 34.3 Å². The van der Waals surface area contributed by atoms with Gasteiger partial charge in [-0.05, 0) is 71.5 Å². The van der Waals surface area contributed by atoms with Gasteiger partial charge in [0.25, 0.3) is 0 Å². The number of halogens is 2. The molecule has 12 nitrogen and oxygen atoms in total. The Morgan fingerprint density at radius 2 is 1.13 bits per heavy atom. The lowest BCUT2D eigenvalue weighted by molar-refractivity contribution is 0.220. The van der Waals surface area contributed by atoms with E-state index in [9.17, 15) is 25.8 Å². The molecular formula is C48H43Cl2N5O7. The maximum atomic E-state index is 10.0. The maximum absolute atomic E-state index is 10.0. The molecule has 316 valence electrons. The molecule has 0 amide bonds. The zero-order chi connectivity index (χ0) is 44.2. The van der Waals surface area contributed by atoms with Gasteiger partial charge in [-0.2, -0.15) is 10.5 Å². The van der Waals surface area contributed by atoms with E-state index in [-0.39, 0.29) is 51.9 Å². The molecule has 1 atom stereocenters. The molecule has 62 heavy (non-hydrogen) atoms. The zero-order valence-electron chi connectivity index (χ0n) is 34.0. The van der Waals surface area contributed by atoms with Crippen LogP contribution in [-0.4, -0.2) is 37.9 Å². The zero-order valence-corrected chi connectivity index (χ0v) is 35.5. The van der Waals surface area contributed by atoms with E-state index in [4.69, 9.17) is 42.1 Å². The topological polar surface area (TPSA) is 183 Å². The Morgan fingerprint density at radius 1 is 0.661 bits per heavy atom. The predicted octanol–water partition coefficient (Wildman–Crippen LogP) is 9.14. The molecule has 0 aliphatic carbocycles. The van der Waals surface area contributed by atoms with Crippen molar-refractivity contribution in [1.82, 2.24) is 15.3 Å². The number of rotatable bonds is 19. The Hall–Kier alpha value is -6.64. The summed E-state index contributed by atoms with van der Waals surface area (Å²) >= 11 is 13.4. The number of benzene rings is 4. The van der Waals surface area contributed by atoms with Crippen molar-refractivity contribution in [3.63, 3.8) is 0 Å². The van der Waals surface area contributed by atoms with Gasteiger partial charge in [0.1, 0.15) is 67.3 Å². The van der Waals surface area contributed by atoms with E-state index in [0.29, 0.717) is 66.4 Å². The molecular weight excluding hydrogens is 829 g/mol. The van der Waals surface area contributed by atoms with Gasteiger partial charge >= 0.3 is 0 Å². The van der Waals surface area contributed by atoms with Crippen LogP contribution in [0.4, 0.5) is 0 Å². The van der Waals surface area contributed by atoms with Crippen molar-refractivity contribution >= 4 is 23.2 Å². The monoisotopic (exact) mass is 871 g/mol. The standard InChI is InChI=1S/C48H43Cl2N5O7/c1-29-36(27-61-47-14-45(59-25-34-10-32(16-51)18-53-20-34)38(12-42(47)49)22-55-44(24-57)31(3)58)6-4-8-40(29)41-9-5-7-37(30(41)2)28-62-48-15-46(39(23-56)13-43(48)50)60-26-35-11-33(17-52)19-54-21-35/h4-15,18-21,44,55-58H,3,22-28H2,1-2H3/t44-/m1/s1. The molecule has 0 bridgehead atoms. The second-order valence-electron chi connectivity index (χ2n) is 14.3. The average molecular weight is 873 g/mol. The minimum absolute atomic E-state index is 0.105. The quantitative estimate of drug-likeness (QED) is 0.0567. The number of aliphatic hydroxyl groups is 3. The lowest BCUT2D eigenvalue weighted by atomic mass is 9.92. The van der Waals surface area contributed by atoms with Crippen molar-refractivity contribution in [3.8, 4) is 46.3 Å². The average Bonchev–Trinajstić information content (AvgIpc) is 3.28. The molecule has 0 saturated carbocycles. The number of nitrogens with zero attached hydrogens (tertiary/aromatic N) is 4. The second kappa shape index (κ2) is 21.2. The van der Waals surface area contributed by atoms with Gasteiger partial charge in [0.05, 0.1) is 40.4 Å². The molecule has 0 fully saturated rings. The largest absolute Gasteiger partial charge is 0.511 e. The summed E-state index contributed by atoms with van der Waals surface area (Å²) in [5.41, 5.74) is 9.23. The first kappa shape index (κ1) is 44.9. The third kappa shape index (κ3) is 11.2. The second-order valence-corrected chi connectivity index (χ2v) is 15.1. The van der Waals surface area contributed by atoms with Gasteiger partial charge < -0.3 is 39.6 Å². The first-order valence-corrected chi connectivity index (χ1v) is 20.1. The van der Waals surface area contributed by atoms with Gasteiger partial charge in [0, 0.05) is 65.7 Å². The number of hydrogen-bond donors (Lipinski definition) is 4. The van der Waals surface area contributed by atoms with Crippen LogP contribution in [0.15, 0.2) is 110 Å². The number of aliphatic hydroxyl groups excluding tert-OH is 3. The van der Waals surface area contributed by atoms with Crippen LogP contribution in [0.25, 0.3) is 11.1 Å². The lowest BCUT2D eigenvalue weighted by Crippen LogP contribution is -2.33. The number of hydrogen-bond acceptors (Lipinski definition) is 12. The molecule has 0 saturated heterocycles. The lowest BCUT2D eigenvalue weighted by Gasteiger charge is -2.20. The first-order chi connectivity index (χ1) is 30.0. The summed E-state index contributed by atoms with van der Waals surface area (Å²) in [5, 5.41) is 51.8. The van der Waals surface area contributed by atoms with Crippen molar-refractivity contribution in [2.24, 2.45) is 0 Å². The summed E-state index contributed by atoms with van der Waals surface area (Å²) in [6.45, 7) is 7.74. The number of aromatic nitrogens is 2. The molecule has 0 aliphatic heterocycles. The van der Waals surface area contributed by atoms with E-state index in [0.717, 1.165) is 33.4 Å². The molecule has 4 aromatic carbocycles. The summed E-state index contributed by atoms with van der Waals surface area (Å²) in [5.74, 6) is 1.39. The van der Waals surface area contributed by atoms with E-state index in [1.54, 1.807) is 48.8 Å². The SMILES string of the molecule is C=C(O)[C@@H](CO)NCc1cc(Cl)c(OCc2cccc(-c3cccc(COc4cc(OCc5cncc(C#N)c5)c(CO)cc4Cl)c3C)c2C)cc1OCc1cncc(C#N)c1. The smallest absolute Gasteiger partial charge is 0.142 e. The van der Waals surface area contributed by atoms with Crippen LogP contribution in [0.5, 0.6) is 23.0 Å². The fraction of sp³-hybridized carbons (Fsp3) is 0.208. The van der Waals surface area contributed by atoms with Gasteiger partial charge in [-0.15, -0.1) is 0 Å². The number of pyridine rings is 2. The van der Waals surface area contributed by atoms with Crippen LogP contribution in [-0.2, 0) is 39.6 Å². The van der Waals surface area contributed by atoms with Gasteiger partial charge in [-0.25, -0.2) is 0 Å². The van der Waals surface area contributed by atoms with Crippen molar-refractivity contribution in [1.29, 1.82) is 10.5 Å². The minimum atomic E-state index is -0.761. The Kier molecular flexibility index (Phi) is 15.4. The van der Waals surface area contributed by atoms with E-state index in [1.807, 2.05) is 38.1 Å². The fourth-order valence-electron chi connectivity index (χ4n) is 6.58. The van der Waals surface area contributed by atoms with Crippen molar-refractivity contribution in [2.45, 2.75) is 59.5 Å². The highest BCUT2D eigenvalue weighted by atomic mass is 35.5. The molecule has 6 rings (SSSR count).